The molecule has 0 saturated heterocycles. The number of thiophene rings is 1. The van der Waals surface area contributed by atoms with E-state index in [1.54, 1.807) is 25.5 Å². The van der Waals surface area contributed by atoms with Gasteiger partial charge in [0.15, 0.2) is 5.96 Å². The molecule has 0 aliphatic carbocycles. The molecule has 0 amide bonds. The van der Waals surface area contributed by atoms with E-state index in [4.69, 9.17) is 4.74 Å². The maximum absolute atomic E-state index is 5.57. The Hall–Kier alpha value is -0.340. The lowest BCUT2D eigenvalue weighted by molar-refractivity contribution is 0.0205. The van der Waals surface area contributed by atoms with Crippen molar-refractivity contribution in [3.63, 3.8) is 0 Å². The van der Waals surface area contributed by atoms with Crippen LogP contribution in [0.15, 0.2) is 22.5 Å². The maximum Gasteiger partial charge on any atom is 0.191 e. The maximum atomic E-state index is 5.57. The quantitative estimate of drug-likeness (QED) is 0.391. The number of rotatable bonds is 6. The number of aliphatic imine (C=N–C) groups is 1. The number of guanidine groups is 1. The van der Waals surface area contributed by atoms with Gasteiger partial charge in [0.1, 0.15) is 0 Å². The fourth-order valence-corrected chi connectivity index (χ4v) is 3.06. The van der Waals surface area contributed by atoms with Crippen molar-refractivity contribution in [2.75, 3.05) is 27.2 Å². The topological polar surface area (TPSA) is 45.7 Å². The number of halogens is 1. The third kappa shape index (κ3) is 7.39. The Balaban J connectivity index is 0.00000484. The first-order valence-corrected chi connectivity index (χ1v) is 8.60. The van der Waals surface area contributed by atoms with Crippen LogP contribution in [-0.2, 0) is 10.2 Å². The summed E-state index contributed by atoms with van der Waals surface area (Å²) in [5.74, 6) is 0.816. The third-order valence-corrected chi connectivity index (χ3v) is 5.05. The second-order valence-electron chi connectivity index (χ2n) is 7.26. The summed E-state index contributed by atoms with van der Waals surface area (Å²) in [6.45, 7) is 12.6. The van der Waals surface area contributed by atoms with Crippen LogP contribution in [0.2, 0.25) is 0 Å². The van der Waals surface area contributed by atoms with Crippen LogP contribution >= 0.6 is 35.3 Å². The molecule has 23 heavy (non-hydrogen) atoms. The second-order valence-corrected chi connectivity index (χ2v) is 8.21. The molecule has 1 aromatic heterocycles. The molecule has 1 heterocycles. The smallest absolute Gasteiger partial charge is 0.191 e. The first-order valence-electron chi connectivity index (χ1n) is 7.72. The molecule has 0 bridgehead atoms. The van der Waals surface area contributed by atoms with Crippen LogP contribution in [-0.4, -0.2) is 39.3 Å². The van der Waals surface area contributed by atoms with Gasteiger partial charge in [-0.1, -0.05) is 40.7 Å². The summed E-state index contributed by atoms with van der Waals surface area (Å²) < 4.78 is 5.57. The third-order valence-electron chi connectivity index (χ3n) is 3.81. The molecule has 0 aliphatic rings. The van der Waals surface area contributed by atoms with Crippen molar-refractivity contribution >= 4 is 41.3 Å². The number of methoxy groups -OCH3 is 1. The lowest BCUT2D eigenvalue weighted by atomic mass is 9.89. The summed E-state index contributed by atoms with van der Waals surface area (Å²) >= 11 is 1.79. The van der Waals surface area contributed by atoms with Crippen LogP contribution in [0.4, 0.5) is 0 Å². The monoisotopic (exact) mass is 453 g/mol. The van der Waals surface area contributed by atoms with Gasteiger partial charge in [-0.25, -0.2) is 0 Å². The van der Waals surface area contributed by atoms with Crippen LogP contribution in [0, 0.1) is 5.41 Å². The Morgan fingerprint density at radius 2 is 1.91 bits per heavy atom. The lowest BCUT2D eigenvalue weighted by Gasteiger charge is -2.30. The Kier molecular flexibility index (Phi) is 9.69. The van der Waals surface area contributed by atoms with Gasteiger partial charge in [-0.2, -0.15) is 0 Å². The van der Waals surface area contributed by atoms with Crippen LogP contribution < -0.4 is 10.6 Å². The lowest BCUT2D eigenvalue weighted by Crippen LogP contribution is -2.47. The van der Waals surface area contributed by atoms with E-state index in [0.29, 0.717) is 0 Å². The molecule has 1 rings (SSSR count). The van der Waals surface area contributed by atoms with Gasteiger partial charge in [0.05, 0.1) is 6.10 Å². The van der Waals surface area contributed by atoms with E-state index in [9.17, 15) is 0 Å². The van der Waals surface area contributed by atoms with Crippen molar-refractivity contribution in [2.24, 2.45) is 10.4 Å². The van der Waals surface area contributed by atoms with E-state index in [1.165, 1.54) is 4.88 Å². The van der Waals surface area contributed by atoms with Gasteiger partial charge in [0.25, 0.3) is 0 Å². The number of nitrogens with zero attached hydrogens (tertiary/aromatic N) is 1. The zero-order chi connectivity index (χ0) is 16.8. The highest BCUT2D eigenvalue weighted by Gasteiger charge is 2.25. The van der Waals surface area contributed by atoms with Crippen LogP contribution in [0.1, 0.15) is 39.5 Å². The molecule has 0 spiro atoms. The molecule has 1 aromatic rings. The molecule has 1 atom stereocenters. The van der Waals surface area contributed by atoms with E-state index in [-0.39, 0.29) is 40.9 Å². The number of hydrogen-bond donors (Lipinski definition) is 2. The Morgan fingerprint density at radius 1 is 1.26 bits per heavy atom. The second kappa shape index (κ2) is 9.84. The molecule has 134 valence electrons. The summed E-state index contributed by atoms with van der Waals surface area (Å²) in [5.41, 5.74) is 0.174. The normalized spacial score (nSPS) is 14.1. The zero-order valence-electron chi connectivity index (χ0n) is 15.4. The molecule has 0 aliphatic heterocycles. The van der Waals surface area contributed by atoms with E-state index in [2.05, 4.69) is 67.8 Å². The SMILES string of the molecule is CN=C(NCC(OC)C(C)(C)C)NCC(C)(C)c1cccs1.I. The van der Waals surface area contributed by atoms with E-state index >= 15 is 0 Å². The molecule has 0 saturated carbocycles. The molecule has 6 heteroatoms. The van der Waals surface area contributed by atoms with Gasteiger partial charge in [0, 0.05) is 37.5 Å². The van der Waals surface area contributed by atoms with Crippen molar-refractivity contribution in [1.29, 1.82) is 0 Å². The fraction of sp³-hybridized carbons (Fsp3) is 0.706. The van der Waals surface area contributed by atoms with Crippen LogP contribution in [0.5, 0.6) is 0 Å². The summed E-state index contributed by atoms with van der Waals surface area (Å²) in [5, 5.41) is 8.90. The highest BCUT2D eigenvalue weighted by atomic mass is 127. The van der Waals surface area contributed by atoms with Gasteiger partial charge >= 0.3 is 0 Å². The molecule has 0 aromatic carbocycles. The molecule has 1 unspecified atom stereocenters. The van der Waals surface area contributed by atoms with Gasteiger partial charge < -0.3 is 15.4 Å². The number of hydrogen-bond acceptors (Lipinski definition) is 3. The minimum Gasteiger partial charge on any atom is -0.379 e. The summed E-state index contributed by atoms with van der Waals surface area (Å²) in [7, 11) is 3.56. The molecule has 0 radical (unpaired) electrons. The number of ether oxygens (including phenoxy) is 1. The van der Waals surface area contributed by atoms with Crippen molar-refractivity contribution in [2.45, 2.75) is 46.1 Å². The Labute approximate surface area is 162 Å². The predicted molar refractivity (Wildman–Crippen MR) is 112 cm³/mol. The van der Waals surface area contributed by atoms with Crippen LogP contribution in [0.3, 0.4) is 0 Å². The molecule has 0 fully saturated rings. The van der Waals surface area contributed by atoms with Crippen molar-refractivity contribution in [3.05, 3.63) is 22.4 Å². The predicted octanol–water partition coefficient (Wildman–Crippen LogP) is 3.87. The van der Waals surface area contributed by atoms with E-state index < -0.39 is 0 Å². The van der Waals surface area contributed by atoms with Gasteiger partial charge in [-0.15, -0.1) is 35.3 Å². The summed E-state index contributed by atoms with van der Waals surface area (Å²) in [6, 6.07) is 4.28. The van der Waals surface area contributed by atoms with E-state index in [1.807, 2.05) is 0 Å². The number of nitrogens with one attached hydrogen (secondary N) is 2. The highest BCUT2D eigenvalue weighted by molar-refractivity contribution is 14.0. The fourth-order valence-electron chi connectivity index (χ4n) is 2.21. The van der Waals surface area contributed by atoms with Crippen molar-refractivity contribution < 1.29 is 4.74 Å². The first kappa shape index (κ1) is 22.7. The average molecular weight is 453 g/mol. The standard InChI is InChI=1S/C17H31N3OS.HI/c1-16(2,3)13(21-7)11-19-15(18-6)20-12-17(4,5)14-9-8-10-22-14;/h8-10,13H,11-12H2,1-7H3,(H2,18,19,20);1H. The Bertz CT molecular complexity index is 467. The Morgan fingerprint density at radius 3 is 2.35 bits per heavy atom. The minimum absolute atomic E-state index is 0. The molecular weight excluding hydrogens is 421 g/mol. The average Bonchev–Trinajstić information content (AvgIpc) is 2.96. The van der Waals surface area contributed by atoms with Crippen molar-refractivity contribution in [3.8, 4) is 0 Å². The highest BCUT2D eigenvalue weighted by Crippen LogP contribution is 2.26. The van der Waals surface area contributed by atoms with Gasteiger partial charge in [-0.05, 0) is 16.9 Å². The molecule has 2 N–H and O–H groups in total. The summed E-state index contributed by atoms with van der Waals surface area (Å²) in [4.78, 5) is 5.68. The summed E-state index contributed by atoms with van der Waals surface area (Å²) in [6.07, 6.45) is 0.136. The van der Waals surface area contributed by atoms with E-state index in [0.717, 1.165) is 19.0 Å². The largest absolute Gasteiger partial charge is 0.379 e. The first-order chi connectivity index (χ1) is 10.2. The van der Waals surface area contributed by atoms with Crippen LogP contribution in [0.25, 0.3) is 0 Å². The minimum atomic E-state index is 0. The zero-order valence-corrected chi connectivity index (χ0v) is 18.5. The van der Waals surface area contributed by atoms with Gasteiger partial charge in [-0.3, -0.25) is 4.99 Å². The van der Waals surface area contributed by atoms with Gasteiger partial charge in [0.2, 0.25) is 0 Å². The molecular formula is C17H32IN3OS. The molecule has 4 nitrogen and oxygen atoms in total. The van der Waals surface area contributed by atoms with Crippen molar-refractivity contribution in [1.82, 2.24) is 10.6 Å².